The summed E-state index contributed by atoms with van der Waals surface area (Å²) in [5.74, 6) is -0.466. The summed E-state index contributed by atoms with van der Waals surface area (Å²) < 4.78 is 24.4. The van der Waals surface area contributed by atoms with Gasteiger partial charge in [0.1, 0.15) is 4.90 Å². The van der Waals surface area contributed by atoms with Crippen LogP contribution in [0.2, 0.25) is 0 Å². The molecule has 2 aromatic carbocycles. The van der Waals surface area contributed by atoms with E-state index in [-0.39, 0.29) is 10.5 Å². The van der Waals surface area contributed by atoms with E-state index >= 15 is 0 Å². The van der Waals surface area contributed by atoms with Gasteiger partial charge in [0.25, 0.3) is 15.9 Å². The van der Waals surface area contributed by atoms with Gasteiger partial charge in [0, 0.05) is 19.7 Å². The molecule has 116 valence electrons. The first-order valence-electron chi connectivity index (χ1n) is 6.44. The third-order valence-corrected chi connectivity index (χ3v) is 4.34. The molecule has 0 fully saturated rings. The van der Waals surface area contributed by atoms with Crippen LogP contribution in [-0.4, -0.2) is 38.5 Å². The predicted molar refractivity (Wildman–Crippen MR) is 82.0 cm³/mol. The molecule has 0 radical (unpaired) electrons. The molecule has 0 aliphatic carbocycles. The molecule has 0 saturated carbocycles. The third-order valence-electron chi connectivity index (χ3n) is 3.13. The smallest absolute Gasteiger partial charge is 0.263 e. The lowest BCUT2D eigenvalue weighted by Crippen LogP contribution is -2.27. The molecule has 7 heteroatoms. The zero-order valence-electron chi connectivity index (χ0n) is 12.1. The van der Waals surface area contributed by atoms with Crippen LogP contribution >= 0.6 is 0 Å². The van der Waals surface area contributed by atoms with Gasteiger partial charge in [-0.05, 0) is 11.6 Å². The number of rotatable bonds is 4. The highest BCUT2D eigenvalue weighted by molar-refractivity contribution is 7.89. The molecule has 0 aromatic heterocycles. The molecule has 0 atom stereocenters. The van der Waals surface area contributed by atoms with Gasteiger partial charge >= 0.3 is 0 Å². The van der Waals surface area contributed by atoms with Crippen molar-refractivity contribution < 1.29 is 18.4 Å². The number of sulfonamides is 1. The lowest BCUT2D eigenvalue weighted by atomic mass is 10.0. The molecule has 0 heterocycles. The van der Waals surface area contributed by atoms with Crippen molar-refractivity contribution in [2.75, 3.05) is 14.1 Å². The van der Waals surface area contributed by atoms with Gasteiger partial charge in [0.2, 0.25) is 0 Å². The average molecular weight is 320 g/mol. The van der Waals surface area contributed by atoms with Crippen molar-refractivity contribution in [1.82, 2.24) is 9.79 Å². The number of benzene rings is 2. The second kappa shape index (κ2) is 6.27. The van der Waals surface area contributed by atoms with Crippen LogP contribution in [-0.2, 0) is 10.0 Å². The molecule has 0 bridgehead atoms. The van der Waals surface area contributed by atoms with Crippen LogP contribution in [0.3, 0.4) is 0 Å². The Morgan fingerprint density at radius 2 is 1.68 bits per heavy atom. The lowest BCUT2D eigenvalue weighted by Gasteiger charge is -2.17. The van der Waals surface area contributed by atoms with Crippen molar-refractivity contribution in [1.29, 1.82) is 0 Å². The van der Waals surface area contributed by atoms with E-state index < -0.39 is 15.9 Å². The normalized spacial score (nSPS) is 11.2. The summed E-state index contributed by atoms with van der Waals surface area (Å²) in [5.41, 5.74) is 0.965. The zero-order chi connectivity index (χ0) is 16.3. The second-order valence-electron chi connectivity index (χ2n) is 4.84. The number of hydrogen-bond acceptors (Lipinski definition) is 4. The Labute approximate surface area is 129 Å². The largest absolute Gasteiger partial charge is 0.345 e. The highest BCUT2D eigenvalue weighted by atomic mass is 32.2. The van der Waals surface area contributed by atoms with Crippen LogP contribution in [0.25, 0.3) is 11.1 Å². The van der Waals surface area contributed by atoms with Gasteiger partial charge < -0.3 is 10.1 Å². The molecule has 1 amide bonds. The zero-order valence-corrected chi connectivity index (χ0v) is 13.0. The molecular weight excluding hydrogens is 304 g/mol. The minimum atomic E-state index is -4.23. The Bertz CT molecular complexity index is 786. The second-order valence-corrected chi connectivity index (χ2v) is 6.44. The molecule has 0 aliphatic rings. The van der Waals surface area contributed by atoms with Crippen LogP contribution in [0.4, 0.5) is 0 Å². The lowest BCUT2D eigenvalue weighted by molar-refractivity contribution is 0.0824. The van der Waals surface area contributed by atoms with Gasteiger partial charge in [-0.15, -0.1) is 0 Å². The maximum Gasteiger partial charge on any atom is 0.263 e. The summed E-state index contributed by atoms with van der Waals surface area (Å²) in [5, 5.41) is 9.00. The molecular formula is C15H16N2O4S. The number of nitrogens with one attached hydrogen (secondary N) is 1. The SMILES string of the molecule is CN(C)C(=O)c1cccc(-c2ccccc2)c1S(=O)(=O)NO. The molecule has 2 N–H and O–H groups in total. The first-order chi connectivity index (χ1) is 10.4. The first kappa shape index (κ1) is 16.2. The van der Waals surface area contributed by atoms with Crippen molar-refractivity contribution in [3.8, 4) is 11.1 Å². The molecule has 2 aromatic rings. The molecule has 0 spiro atoms. The minimum Gasteiger partial charge on any atom is -0.345 e. The Hall–Kier alpha value is -2.22. The van der Waals surface area contributed by atoms with E-state index in [2.05, 4.69) is 0 Å². The molecule has 0 aliphatic heterocycles. The Morgan fingerprint density at radius 1 is 1.05 bits per heavy atom. The maximum atomic E-state index is 12.3. The molecule has 6 nitrogen and oxygen atoms in total. The van der Waals surface area contributed by atoms with E-state index in [1.165, 1.54) is 29.9 Å². The van der Waals surface area contributed by atoms with Crippen molar-refractivity contribution in [3.05, 3.63) is 54.1 Å². The van der Waals surface area contributed by atoms with Gasteiger partial charge in [-0.3, -0.25) is 4.79 Å². The van der Waals surface area contributed by atoms with Crippen LogP contribution in [0.15, 0.2) is 53.4 Å². The third kappa shape index (κ3) is 3.01. The van der Waals surface area contributed by atoms with E-state index in [0.717, 1.165) is 0 Å². The summed E-state index contributed by atoms with van der Waals surface area (Å²) in [6, 6.07) is 13.4. The summed E-state index contributed by atoms with van der Waals surface area (Å²) in [7, 11) is -1.17. The van der Waals surface area contributed by atoms with Crippen molar-refractivity contribution in [2.24, 2.45) is 0 Å². The van der Waals surface area contributed by atoms with Crippen LogP contribution < -0.4 is 4.89 Å². The van der Waals surface area contributed by atoms with Gasteiger partial charge in [-0.25, -0.2) is 8.42 Å². The molecule has 0 unspecified atom stereocenters. The van der Waals surface area contributed by atoms with Crippen LogP contribution in [0, 0.1) is 0 Å². The fraction of sp³-hybridized carbons (Fsp3) is 0.133. The molecule has 2 rings (SSSR count). The van der Waals surface area contributed by atoms with E-state index in [1.807, 2.05) is 0 Å². The van der Waals surface area contributed by atoms with Gasteiger partial charge in [0.05, 0.1) is 5.56 Å². The fourth-order valence-corrected chi connectivity index (χ4v) is 3.14. The maximum absolute atomic E-state index is 12.3. The van der Waals surface area contributed by atoms with Crippen LogP contribution in [0.5, 0.6) is 0 Å². The summed E-state index contributed by atoms with van der Waals surface area (Å²) in [6.07, 6.45) is 0. The van der Waals surface area contributed by atoms with E-state index in [9.17, 15) is 13.2 Å². The van der Waals surface area contributed by atoms with E-state index in [1.54, 1.807) is 42.5 Å². The first-order valence-corrected chi connectivity index (χ1v) is 7.93. The van der Waals surface area contributed by atoms with Crippen LogP contribution in [0.1, 0.15) is 10.4 Å². The standard InChI is InChI=1S/C15H16N2O4S/c1-17(2)15(18)13-10-6-9-12(11-7-4-3-5-8-11)14(13)22(20,21)16-19/h3-10,16,19H,1-2H3. The van der Waals surface area contributed by atoms with E-state index in [0.29, 0.717) is 11.1 Å². The average Bonchev–Trinajstić information content (AvgIpc) is 2.54. The number of carbonyl (C=O) groups excluding carboxylic acids is 1. The highest BCUT2D eigenvalue weighted by Crippen LogP contribution is 2.30. The van der Waals surface area contributed by atoms with E-state index in [4.69, 9.17) is 5.21 Å². The summed E-state index contributed by atoms with van der Waals surface area (Å²) >= 11 is 0. The quantitative estimate of drug-likeness (QED) is 0.840. The minimum absolute atomic E-state index is 0.00657. The fourth-order valence-electron chi connectivity index (χ4n) is 2.13. The summed E-state index contributed by atoms with van der Waals surface area (Å²) in [6.45, 7) is 0. The van der Waals surface area contributed by atoms with Gasteiger partial charge in [-0.2, -0.15) is 0 Å². The molecule has 22 heavy (non-hydrogen) atoms. The summed E-state index contributed by atoms with van der Waals surface area (Å²) in [4.78, 5) is 14.6. The number of amides is 1. The monoisotopic (exact) mass is 320 g/mol. The predicted octanol–water partition coefficient (Wildman–Crippen LogP) is 1.72. The Balaban J connectivity index is 2.81. The Kier molecular flexibility index (Phi) is 4.60. The van der Waals surface area contributed by atoms with Crippen molar-refractivity contribution in [2.45, 2.75) is 4.90 Å². The molecule has 0 saturated heterocycles. The topological polar surface area (TPSA) is 86.7 Å². The van der Waals surface area contributed by atoms with Crippen molar-refractivity contribution in [3.63, 3.8) is 0 Å². The number of hydrogen-bond donors (Lipinski definition) is 2. The Morgan fingerprint density at radius 3 is 2.23 bits per heavy atom. The van der Waals surface area contributed by atoms with Crippen molar-refractivity contribution >= 4 is 15.9 Å². The van der Waals surface area contributed by atoms with Gasteiger partial charge in [-0.1, -0.05) is 47.3 Å². The van der Waals surface area contributed by atoms with Gasteiger partial charge in [0.15, 0.2) is 0 Å². The number of carbonyl (C=O) groups is 1. The highest BCUT2D eigenvalue weighted by Gasteiger charge is 2.26. The number of nitrogens with zero attached hydrogens (tertiary/aromatic N) is 1.